The normalized spacial score (nSPS) is 10.7. The van der Waals surface area contributed by atoms with Gasteiger partial charge in [-0.3, -0.25) is 4.79 Å². The summed E-state index contributed by atoms with van der Waals surface area (Å²) in [5.41, 5.74) is 0.733. The molecule has 0 aliphatic carbocycles. The number of benzene rings is 2. The zero-order valence-electron chi connectivity index (χ0n) is 16.2. The van der Waals surface area contributed by atoms with E-state index in [1.165, 1.54) is 19.3 Å². The lowest BCUT2D eigenvalue weighted by atomic mass is 10.1. The summed E-state index contributed by atoms with van der Waals surface area (Å²) < 4.78 is 15.4. The minimum absolute atomic E-state index is 0.142. The predicted octanol–water partition coefficient (Wildman–Crippen LogP) is 4.49. The fourth-order valence-corrected chi connectivity index (χ4v) is 2.81. The van der Waals surface area contributed by atoms with Gasteiger partial charge in [0.2, 0.25) is 0 Å². The zero-order chi connectivity index (χ0) is 22.1. The number of hydrogen-bond donors (Lipinski definition) is 1. The van der Waals surface area contributed by atoms with Crippen LogP contribution in [0.3, 0.4) is 0 Å². The molecule has 30 heavy (non-hydrogen) atoms. The molecule has 7 nitrogen and oxygen atoms in total. The van der Waals surface area contributed by atoms with Gasteiger partial charge in [-0.25, -0.2) is 4.79 Å². The zero-order valence-corrected chi connectivity index (χ0v) is 17.7. The molecule has 0 bridgehead atoms. The van der Waals surface area contributed by atoms with Gasteiger partial charge < -0.3 is 19.5 Å². The van der Waals surface area contributed by atoms with Crippen LogP contribution in [0.4, 0.5) is 5.69 Å². The number of hydrogen-bond acceptors (Lipinski definition) is 6. The van der Waals surface area contributed by atoms with Gasteiger partial charge in [0.1, 0.15) is 11.6 Å². The van der Waals surface area contributed by atoms with Crippen LogP contribution in [0.25, 0.3) is 6.08 Å². The number of esters is 1. The third kappa shape index (κ3) is 6.41. The standard InChI is InChI=1S/C21H18Cl2N2O5/c1-3-29-18-9-13(8-17(23)20(18)30-12-19(26)28-2)7-14(11-24)21(27)25-16-6-4-5-15(22)10-16/h4-10H,3,12H2,1-2H3,(H,25,27)/b14-7+. The molecule has 0 spiro atoms. The van der Waals surface area contributed by atoms with Crippen molar-refractivity contribution in [2.24, 2.45) is 0 Å². The molecule has 0 heterocycles. The molecule has 0 aliphatic rings. The van der Waals surface area contributed by atoms with E-state index >= 15 is 0 Å². The first-order valence-electron chi connectivity index (χ1n) is 8.72. The molecule has 9 heteroatoms. The highest BCUT2D eigenvalue weighted by Gasteiger charge is 2.16. The van der Waals surface area contributed by atoms with E-state index in [-0.39, 0.29) is 28.7 Å². The van der Waals surface area contributed by atoms with E-state index < -0.39 is 11.9 Å². The first-order chi connectivity index (χ1) is 14.4. The predicted molar refractivity (Wildman–Crippen MR) is 114 cm³/mol. The highest BCUT2D eigenvalue weighted by Crippen LogP contribution is 2.37. The third-order valence-electron chi connectivity index (χ3n) is 3.65. The van der Waals surface area contributed by atoms with Gasteiger partial charge >= 0.3 is 5.97 Å². The smallest absolute Gasteiger partial charge is 0.343 e. The van der Waals surface area contributed by atoms with Crippen molar-refractivity contribution in [1.29, 1.82) is 5.26 Å². The molecule has 0 saturated carbocycles. The van der Waals surface area contributed by atoms with Crippen molar-refractivity contribution < 1.29 is 23.8 Å². The summed E-state index contributed by atoms with van der Waals surface area (Å²) in [7, 11) is 1.24. The molecule has 0 unspecified atom stereocenters. The maximum Gasteiger partial charge on any atom is 0.343 e. The second kappa shape index (κ2) is 11.1. The van der Waals surface area contributed by atoms with Gasteiger partial charge in [0.25, 0.3) is 5.91 Å². The van der Waals surface area contributed by atoms with Crippen LogP contribution in [-0.4, -0.2) is 32.2 Å². The van der Waals surface area contributed by atoms with Crippen molar-refractivity contribution in [3.8, 4) is 17.6 Å². The summed E-state index contributed by atoms with van der Waals surface area (Å²) in [6.45, 7) is 1.72. The minimum atomic E-state index is -0.611. The summed E-state index contributed by atoms with van der Waals surface area (Å²) in [4.78, 5) is 23.8. The molecule has 0 saturated heterocycles. The van der Waals surface area contributed by atoms with Crippen molar-refractivity contribution in [3.05, 3.63) is 57.6 Å². The van der Waals surface area contributed by atoms with Gasteiger partial charge in [0.15, 0.2) is 18.1 Å². The largest absolute Gasteiger partial charge is 0.490 e. The number of carbonyl (C=O) groups is 2. The summed E-state index contributed by atoms with van der Waals surface area (Å²) in [6.07, 6.45) is 1.36. The number of nitrogens with zero attached hydrogens (tertiary/aromatic N) is 1. The van der Waals surface area contributed by atoms with Crippen LogP contribution in [0.2, 0.25) is 10.0 Å². The highest BCUT2D eigenvalue weighted by atomic mass is 35.5. The van der Waals surface area contributed by atoms with Crippen LogP contribution in [0.5, 0.6) is 11.5 Å². The Morgan fingerprint density at radius 3 is 2.60 bits per heavy atom. The number of nitriles is 1. The van der Waals surface area contributed by atoms with Crippen LogP contribution in [0.1, 0.15) is 12.5 Å². The molecular formula is C21H18Cl2N2O5. The SMILES string of the molecule is CCOc1cc(/C=C(\C#N)C(=O)Nc2cccc(Cl)c2)cc(Cl)c1OCC(=O)OC. The maximum atomic E-state index is 12.4. The molecule has 0 radical (unpaired) electrons. The highest BCUT2D eigenvalue weighted by molar-refractivity contribution is 6.32. The summed E-state index contributed by atoms with van der Waals surface area (Å²) >= 11 is 12.2. The minimum Gasteiger partial charge on any atom is -0.490 e. The monoisotopic (exact) mass is 448 g/mol. The Hall–Kier alpha value is -3.21. The number of rotatable bonds is 8. The summed E-state index contributed by atoms with van der Waals surface area (Å²) in [6, 6.07) is 11.4. The molecule has 0 atom stereocenters. The number of carbonyl (C=O) groups excluding carboxylic acids is 2. The Balaban J connectivity index is 2.31. The van der Waals surface area contributed by atoms with E-state index in [9.17, 15) is 14.9 Å². The fraction of sp³-hybridized carbons (Fsp3) is 0.190. The van der Waals surface area contributed by atoms with E-state index in [4.69, 9.17) is 32.7 Å². The van der Waals surface area contributed by atoms with Crippen molar-refractivity contribution >= 4 is 46.8 Å². The lowest BCUT2D eigenvalue weighted by Crippen LogP contribution is -2.14. The van der Waals surface area contributed by atoms with Gasteiger partial charge in [-0.05, 0) is 48.9 Å². The van der Waals surface area contributed by atoms with Crippen molar-refractivity contribution in [1.82, 2.24) is 0 Å². The van der Waals surface area contributed by atoms with Gasteiger partial charge in [0, 0.05) is 10.7 Å². The first kappa shape index (κ1) is 23.1. The van der Waals surface area contributed by atoms with Crippen molar-refractivity contribution in [3.63, 3.8) is 0 Å². The average Bonchev–Trinajstić information content (AvgIpc) is 2.71. The molecule has 2 aromatic rings. The molecule has 156 valence electrons. The number of halogens is 2. The van der Waals surface area contributed by atoms with Gasteiger partial charge in [-0.2, -0.15) is 5.26 Å². The molecular weight excluding hydrogens is 431 g/mol. The first-order valence-corrected chi connectivity index (χ1v) is 9.48. The van der Waals surface area contributed by atoms with Gasteiger partial charge in [0.05, 0.1) is 18.7 Å². The van der Waals surface area contributed by atoms with Crippen molar-refractivity contribution in [2.45, 2.75) is 6.92 Å². The topological polar surface area (TPSA) is 97.6 Å². The molecule has 1 N–H and O–H groups in total. The summed E-state index contributed by atoms with van der Waals surface area (Å²) in [5.74, 6) is -0.780. The number of anilines is 1. The van der Waals surface area contributed by atoms with E-state index in [1.807, 2.05) is 6.07 Å². The lowest BCUT2D eigenvalue weighted by molar-refractivity contribution is -0.142. The Morgan fingerprint density at radius 2 is 1.97 bits per heavy atom. The third-order valence-corrected chi connectivity index (χ3v) is 4.17. The maximum absolute atomic E-state index is 12.4. The Morgan fingerprint density at radius 1 is 1.20 bits per heavy atom. The van der Waals surface area contributed by atoms with Crippen LogP contribution in [0, 0.1) is 11.3 Å². The quantitative estimate of drug-likeness (QED) is 0.362. The summed E-state index contributed by atoms with van der Waals surface area (Å²) in [5, 5.41) is 12.6. The second-order valence-electron chi connectivity index (χ2n) is 5.76. The van der Waals surface area contributed by atoms with Crippen LogP contribution in [-0.2, 0) is 14.3 Å². The Bertz CT molecular complexity index is 1010. The second-order valence-corrected chi connectivity index (χ2v) is 6.61. The Kier molecular flexibility index (Phi) is 8.54. The molecule has 2 rings (SSSR count). The number of methoxy groups -OCH3 is 1. The van der Waals surface area contributed by atoms with Crippen LogP contribution < -0.4 is 14.8 Å². The van der Waals surface area contributed by atoms with E-state index in [0.29, 0.717) is 22.9 Å². The van der Waals surface area contributed by atoms with E-state index in [2.05, 4.69) is 10.1 Å². The van der Waals surface area contributed by atoms with Crippen molar-refractivity contribution in [2.75, 3.05) is 25.6 Å². The van der Waals surface area contributed by atoms with Crippen LogP contribution >= 0.6 is 23.2 Å². The van der Waals surface area contributed by atoms with E-state index in [1.54, 1.807) is 37.3 Å². The lowest BCUT2D eigenvalue weighted by Gasteiger charge is -2.14. The average molecular weight is 449 g/mol. The number of ether oxygens (including phenoxy) is 3. The number of nitrogens with one attached hydrogen (secondary N) is 1. The van der Waals surface area contributed by atoms with Gasteiger partial charge in [-0.1, -0.05) is 29.3 Å². The van der Waals surface area contributed by atoms with Crippen LogP contribution in [0.15, 0.2) is 42.0 Å². The molecule has 0 aromatic heterocycles. The van der Waals surface area contributed by atoms with E-state index in [0.717, 1.165) is 0 Å². The molecule has 0 aliphatic heterocycles. The molecule has 0 fully saturated rings. The van der Waals surface area contributed by atoms with Gasteiger partial charge in [-0.15, -0.1) is 0 Å². The number of amides is 1. The molecule has 1 amide bonds. The molecule has 2 aromatic carbocycles. The Labute approximate surface area is 183 Å². The fourth-order valence-electron chi connectivity index (χ4n) is 2.34.